The number of aromatic nitrogens is 2. The topological polar surface area (TPSA) is 93.0 Å². The Balaban J connectivity index is 1.52. The number of H-pyrrole nitrogens is 1. The van der Waals surface area contributed by atoms with E-state index in [2.05, 4.69) is 15.3 Å². The third kappa shape index (κ3) is 2.20. The van der Waals surface area contributed by atoms with Crippen molar-refractivity contribution >= 4 is 22.6 Å². The summed E-state index contributed by atoms with van der Waals surface area (Å²) in [6.45, 7) is 0. The lowest BCUT2D eigenvalue weighted by molar-refractivity contribution is -0.149. The number of amides is 1. The standard InChI is InChI=1S/C19H24N4O2/c1-25-19-6-10-4-11(7-19)15(12(5-10)8-19)23-16-13-2-3-21-18(13)22-9-14(16)17(20)24/h2-3,9-12,15H,4-8H2,1H3,(H2,20,24)(H2,21,22,23)/t10?,11-,12?,15?,19?/m0/s1. The van der Waals surface area contributed by atoms with Crippen LogP contribution in [-0.2, 0) is 4.74 Å². The van der Waals surface area contributed by atoms with E-state index in [9.17, 15) is 4.79 Å². The number of fused-ring (bicyclic) bond motifs is 1. The minimum Gasteiger partial charge on any atom is -0.380 e. The van der Waals surface area contributed by atoms with Crippen molar-refractivity contribution in [1.29, 1.82) is 0 Å². The minimum atomic E-state index is -0.435. The van der Waals surface area contributed by atoms with Gasteiger partial charge >= 0.3 is 0 Å². The number of primary amides is 1. The monoisotopic (exact) mass is 340 g/mol. The molecule has 6 nitrogen and oxygen atoms in total. The van der Waals surface area contributed by atoms with Gasteiger partial charge in [-0.2, -0.15) is 0 Å². The summed E-state index contributed by atoms with van der Waals surface area (Å²) in [7, 11) is 1.87. The van der Waals surface area contributed by atoms with Crippen LogP contribution in [0.3, 0.4) is 0 Å². The van der Waals surface area contributed by atoms with Crippen molar-refractivity contribution in [1.82, 2.24) is 9.97 Å². The Kier molecular flexibility index (Phi) is 3.17. The molecular formula is C19H24N4O2. The largest absolute Gasteiger partial charge is 0.380 e. The Bertz CT molecular complexity index is 829. The van der Waals surface area contributed by atoms with Crippen molar-refractivity contribution in [2.45, 2.75) is 43.7 Å². The number of aromatic amines is 1. The number of pyridine rings is 1. The molecule has 4 unspecified atom stereocenters. The third-order valence-electron chi connectivity index (χ3n) is 6.81. The predicted octanol–water partition coefficient (Wildman–Crippen LogP) is 2.67. The fourth-order valence-corrected chi connectivity index (χ4v) is 5.95. The quantitative estimate of drug-likeness (QED) is 0.798. The SMILES string of the molecule is COC12CC3CC(C1)C(Nc1c(C(N)=O)cnc4[nH]ccc14)[C@@H](C3)C2. The number of hydrogen-bond acceptors (Lipinski definition) is 4. The van der Waals surface area contributed by atoms with Crippen LogP contribution in [-0.4, -0.2) is 34.6 Å². The van der Waals surface area contributed by atoms with Gasteiger partial charge in [-0.1, -0.05) is 0 Å². The van der Waals surface area contributed by atoms with E-state index in [0.29, 0.717) is 23.4 Å². The van der Waals surface area contributed by atoms with Crippen LogP contribution in [0.15, 0.2) is 18.5 Å². The number of rotatable bonds is 4. The fraction of sp³-hybridized carbons (Fsp3) is 0.579. The van der Waals surface area contributed by atoms with Crippen molar-refractivity contribution < 1.29 is 9.53 Å². The maximum absolute atomic E-state index is 11.9. The molecule has 0 saturated heterocycles. The number of hydrogen-bond donors (Lipinski definition) is 3. The van der Waals surface area contributed by atoms with Gasteiger partial charge in [0, 0.05) is 30.9 Å². The van der Waals surface area contributed by atoms with Crippen molar-refractivity contribution in [3.63, 3.8) is 0 Å². The fourth-order valence-electron chi connectivity index (χ4n) is 5.95. The summed E-state index contributed by atoms with van der Waals surface area (Å²) < 4.78 is 5.95. The van der Waals surface area contributed by atoms with E-state index in [1.165, 1.54) is 19.3 Å². The summed E-state index contributed by atoms with van der Waals surface area (Å²) in [5.74, 6) is 1.54. The molecule has 1 amide bonds. The van der Waals surface area contributed by atoms with Crippen LogP contribution in [0, 0.1) is 17.8 Å². The van der Waals surface area contributed by atoms with Crippen LogP contribution in [0.4, 0.5) is 5.69 Å². The first-order valence-corrected chi connectivity index (χ1v) is 9.16. The highest BCUT2D eigenvalue weighted by Crippen LogP contribution is 2.57. The Morgan fingerprint density at radius 1 is 1.36 bits per heavy atom. The molecule has 0 aromatic carbocycles. The highest BCUT2D eigenvalue weighted by molar-refractivity contribution is 6.06. The Labute approximate surface area is 146 Å². The number of methoxy groups -OCH3 is 1. The summed E-state index contributed by atoms with van der Waals surface area (Å²) in [6.07, 6.45) is 9.38. The van der Waals surface area contributed by atoms with Crippen molar-refractivity contribution in [3.05, 3.63) is 24.0 Å². The van der Waals surface area contributed by atoms with E-state index in [4.69, 9.17) is 10.5 Å². The second-order valence-electron chi connectivity index (χ2n) is 8.18. The first kappa shape index (κ1) is 15.2. The Morgan fingerprint density at radius 3 is 2.80 bits per heavy atom. The van der Waals surface area contributed by atoms with Crippen LogP contribution in [0.25, 0.3) is 11.0 Å². The normalized spacial score (nSPS) is 36.0. The van der Waals surface area contributed by atoms with Crippen molar-refractivity contribution in [2.75, 3.05) is 12.4 Å². The number of ether oxygens (including phenoxy) is 1. The van der Waals surface area contributed by atoms with Gasteiger partial charge in [0.2, 0.25) is 0 Å². The lowest BCUT2D eigenvalue weighted by atomic mass is 9.52. The number of carbonyl (C=O) groups excluding carboxylic acids is 1. The van der Waals surface area contributed by atoms with Gasteiger partial charge < -0.3 is 20.8 Å². The highest BCUT2D eigenvalue weighted by atomic mass is 16.5. The van der Waals surface area contributed by atoms with E-state index in [1.54, 1.807) is 6.20 Å². The van der Waals surface area contributed by atoms with E-state index in [-0.39, 0.29) is 5.60 Å². The maximum Gasteiger partial charge on any atom is 0.252 e. The molecule has 4 bridgehead atoms. The number of nitrogens with two attached hydrogens (primary N) is 1. The van der Waals surface area contributed by atoms with E-state index >= 15 is 0 Å². The van der Waals surface area contributed by atoms with E-state index < -0.39 is 5.91 Å². The second kappa shape index (κ2) is 5.21. The lowest BCUT2D eigenvalue weighted by Gasteiger charge is -2.59. The van der Waals surface area contributed by atoms with Crippen LogP contribution >= 0.6 is 0 Å². The smallest absolute Gasteiger partial charge is 0.252 e. The third-order valence-corrected chi connectivity index (χ3v) is 6.81. The number of anilines is 1. The molecule has 5 atom stereocenters. The molecule has 4 fully saturated rings. The van der Waals surface area contributed by atoms with Gasteiger partial charge in [0.15, 0.2) is 0 Å². The Hall–Kier alpha value is -2.08. The molecule has 0 aliphatic heterocycles. The minimum absolute atomic E-state index is 0.0862. The summed E-state index contributed by atoms with van der Waals surface area (Å²) in [4.78, 5) is 19.4. The molecule has 4 N–H and O–H groups in total. The van der Waals surface area contributed by atoms with Gasteiger partial charge in [0.25, 0.3) is 5.91 Å². The zero-order chi connectivity index (χ0) is 17.2. The van der Waals surface area contributed by atoms with Gasteiger partial charge in [-0.15, -0.1) is 0 Å². The second-order valence-corrected chi connectivity index (χ2v) is 8.18. The first-order chi connectivity index (χ1) is 12.1. The summed E-state index contributed by atoms with van der Waals surface area (Å²) in [6, 6.07) is 2.34. The maximum atomic E-state index is 11.9. The number of nitrogens with one attached hydrogen (secondary N) is 2. The molecule has 2 aromatic rings. The van der Waals surface area contributed by atoms with Crippen LogP contribution in [0.2, 0.25) is 0 Å². The molecular weight excluding hydrogens is 316 g/mol. The summed E-state index contributed by atoms with van der Waals surface area (Å²) >= 11 is 0. The van der Waals surface area contributed by atoms with Gasteiger partial charge in [-0.05, 0) is 55.9 Å². The number of carbonyl (C=O) groups is 1. The molecule has 4 saturated carbocycles. The molecule has 0 spiro atoms. The van der Waals surface area contributed by atoms with Gasteiger partial charge in [0.05, 0.1) is 16.9 Å². The van der Waals surface area contributed by atoms with Crippen LogP contribution in [0.5, 0.6) is 0 Å². The van der Waals surface area contributed by atoms with Gasteiger partial charge in [0.1, 0.15) is 5.65 Å². The average molecular weight is 340 g/mol. The molecule has 2 heterocycles. The van der Waals surface area contributed by atoms with Crippen molar-refractivity contribution in [2.24, 2.45) is 23.5 Å². The summed E-state index contributed by atoms with van der Waals surface area (Å²) in [5, 5.41) is 4.66. The first-order valence-electron chi connectivity index (χ1n) is 9.16. The average Bonchev–Trinajstić information content (AvgIpc) is 3.06. The van der Waals surface area contributed by atoms with Crippen LogP contribution in [0.1, 0.15) is 42.5 Å². The molecule has 25 heavy (non-hydrogen) atoms. The van der Waals surface area contributed by atoms with Gasteiger partial charge in [-0.25, -0.2) is 4.98 Å². The van der Waals surface area contributed by atoms with E-state index in [1.807, 2.05) is 19.4 Å². The molecule has 0 radical (unpaired) electrons. The zero-order valence-electron chi connectivity index (χ0n) is 14.4. The molecule has 4 aliphatic rings. The van der Waals surface area contributed by atoms with E-state index in [0.717, 1.165) is 35.5 Å². The number of nitrogens with zero attached hydrogens (tertiary/aromatic N) is 1. The van der Waals surface area contributed by atoms with Gasteiger partial charge in [-0.3, -0.25) is 4.79 Å². The molecule has 6 rings (SSSR count). The van der Waals surface area contributed by atoms with Crippen LogP contribution < -0.4 is 11.1 Å². The molecule has 4 aliphatic carbocycles. The molecule has 2 aromatic heterocycles. The zero-order valence-corrected chi connectivity index (χ0v) is 14.4. The molecule has 132 valence electrons. The predicted molar refractivity (Wildman–Crippen MR) is 95.3 cm³/mol. The highest BCUT2D eigenvalue weighted by Gasteiger charge is 2.55. The summed E-state index contributed by atoms with van der Waals surface area (Å²) in [5.41, 5.74) is 7.80. The van der Waals surface area contributed by atoms with Crippen molar-refractivity contribution in [3.8, 4) is 0 Å². The lowest BCUT2D eigenvalue weighted by Crippen LogP contribution is -2.59. The molecule has 6 heteroatoms. The Morgan fingerprint density at radius 2 is 2.12 bits per heavy atom.